The number of halogens is 1. The van der Waals surface area contributed by atoms with Gasteiger partial charge in [-0.15, -0.1) is 11.3 Å². The normalized spacial score (nSPS) is 10.7. The molecule has 0 fully saturated rings. The second kappa shape index (κ2) is 5.73. The summed E-state index contributed by atoms with van der Waals surface area (Å²) in [7, 11) is 0. The lowest BCUT2D eigenvalue weighted by molar-refractivity contribution is 0.128. The van der Waals surface area contributed by atoms with Crippen molar-refractivity contribution in [2.75, 3.05) is 6.61 Å². The smallest absolute Gasteiger partial charge is 0.134 e. The Morgan fingerprint density at radius 2 is 2.41 bits per heavy atom. The summed E-state index contributed by atoms with van der Waals surface area (Å²) in [6.07, 6.45) is 0. The molecule has 3 nitrogen and oxygen atoms in total. The number of hydrogen-bond donors (Lipinski definition) is 1. The highest BCUT2D eigenvalue weighted by Crippen LogP contribution is 2.31. The average Bonchev–Trinajstić information content (AvgIpc) is 2.72. The maximum atomic E-state index is 6.09. The van der Waals surface area contributed by atoms with Crippen molar-refractivity contribution in [1.82, 2.24) is 9.97 Å². The first kappa shape index (κ1) is 12.7. The fourth-order valence-electron chi connectivity index (χ4n) is 1.38. The van der Waals surface area contributed by atoms with Crippen LogP contribution in [0.5, 0.6) is 0 Å². The first-order valence-electron chi connectivity index (χ1n) is 5.12. The molecule has 0 unspecified atom stereocenters. The molecule has 0 aliphatic carbocycles. The lowest BCUT2D eigenvalue weighted by Crippen LogP contribution is -2.00. The minimum atomic E-state index is 0.428. The number of nitrogens with one attached hydrogen (secondary N) is 1. The Morgan fingerprint density at radius 1 is 1.59 bits per heavy atom. The van der Waals surface area contributed by atoms with Gasteiger partial charge in [0.15, 0.2) is 0 Å². The summed E-state index contributed by atoms with van der Waals surface area (Å²) in [4.78, 5) is 8.36. The van der Waals surface area contributed by atoms with Crippen LogP contribution in [0.1, 0.15) is 12.7 Å². The van der Waals surface area contributed by atoms with Gasteiger partial charge < -0.3 is 9.72 Å². The van der Waals surface area contributed by atoms with E-state index in [1.807, 2.05) is 24.4 Å². The Hall–Kier alpha value is -0.750. The summed E-state index contributed by atoms with van der Waals surface area (Å²) in [6, 6.07) is 3.67. The summed E-state index contributed by atoms with van der Waals surface area (Å²) in [5.41, 5.74) is 0.889. The van der Waals surface area contributed by atoms with Gasteiger partial charge in [0, 0.05) is 6.61 Å². The Labute approximate surface area is 113 Å². The molecule has 90 valence electrons. The highest BCUT2D eigenvalue weighted by Gasteiger charge is 2.07. The van der Waals surface area contributed by atoms with Crippen LogP contribution in [0.3, 0.4) is 0 Å². The molecular weight excluding hydrogens is 276 g/mol. The van der Waals surface area contributed by atoms with Gasteiger partial charge in [0.25, 0.3) is 0 Å². The molecule has 0 aromatic carbocycles. The van der Waals surface area contributed by atoms with Crippen molar-refractivity contribution in [3.05, 3.63) is 33.0 Å². The lowest BCUT2D eigenvalue weighted by Gasteiger charge is -2.05. The van der Waals surface area contributed by atoms with Crippen molar-refractivity contribution >= 4 is 35.2 Å². The average molecular weight is 287 g/mol. The van der Waals surface area contributed by atoms with Gasteiger partial charge in [0.05, 0.1) is 15.6 Å². The molecule has 1 N–H and O–H groups in total. The molecule has 0 bridgehead atoms. The third-order valence-electron chi connectivity index (χ3n) is 2.10. The van der Waals surface area contributed by atoms with Crippen LogP contribution in [0.4, 0.5) is 0 Å². The van der Waals surface area contributed by atoms with E-state index >= 15 is 0 Å². The van der Waals surface area contributed by atoms with E-state index in [0.29, 0.717) is 22.9 Å². The zero-order valence-electron chi connectivity index (χ0n) is 9.20. The molecular formula is C11H11ClN2OS2. The molecule has 0 aliphatic rings. The van der Waals surface area contributed by atoms with E-state index in [1.165, 1.54) is 0 Å². The quantitative estimate of drug-likeness (QED) is 0.862. The number of H-pyrrole nitrogens is 1. The monoisotopic (exact) mass is 286 g/mol. The number of nitrogens with zero attached hydrogens (tertiary/aromatic N) is 1. The first-order valence-corrected chi connectivity index (χ1v) is 6.78. The number of ether oxygens (including phenoxy) is 1. The van der Waals surface area contributed by atoms with Gasteiger partial charge in [-0.25, -0.2) is 4.98 Å². The Morgan fingerprint density at radius 3 is 3.06 bits per heavy atom. The summed E-state index contributed by atoms with van der Waals surface area (Å²) in [5, 5.41) is 2.66. The second-order valence-corrected chi connectivity index (χ2v) is 5.06. The third kappa shape index (κ3) is 3.13. The molecule has 2 rings (SSSR count). The molecule has 2 heterocycles. The summed E-state index contributed by atoms with van der Waals surface area (Å²) in [6.45, 7) is 3.01. The van der Waals surface area contributed by atoms with Crippen molar-refractivity contribution < 1.29 is 4.74 Å². The van der Waals surface area contributed by atoms with E-state index in [-0.39, 0.29) is 0 Å². The molecule has 0 atom stereocenters. The molecule has 17 heavy (non-hydrogen) atoms. The van der Waals surface area contributed by atoms with E-state index in [4.69, 9.17) is 28.6 Å². The lowest BCUT2D eigenvalue weighted by atomic mass is 10.3. The van der Waals surface area contributed by atoms with Crippen LogP contribution in [0.15, 0.2) is 17.5 Å². The molecule has 0 amide bonds. The van der Waals surface area contributed by atoms with Crippen molar-refractivity contribution in [2.45, 2.75) is 13.5 Å². The number of thiophene rings is 1. The van der Waals surface area contributed by atoms with Crippen LogP contribution in [0.25, 0.3) is 10.6 Å². The molecule has 6 heteroatoms. The maximum Gasteiger partial charge on any atom is 0.134 e. The second-order valence-electron chi connectivity index (χ2n) is 3.31. The van der Waals surface area contributed by atoms with Gasteiger partial charge >= 0.3 is 0 Å². The molecule has 0 saturated carbocycles. The van der Waals surface area contributed by atoms with Crippen LogP contribution < -0.4 is 0 Å². The zero-order valence-corrected chi connectivity index (χ0v) is 11.6. The van der Waals surface area contributed by atoms with E-state index in [2.05, 4.69) is 9.97 Å². The van der Waals surface area contributed by atoms with Gasteiger partial charge in [0.1, 0.15) is 17.1 Å². The fraction of sp³-hybridized carbons (Fsp3) is 0.273. The number of aromatic amines is 1. The van der Waals surface area contributed by atoms with E-state index < -0.39 is 0 Å². The van der Waals surface area contributed by atoms with Crippen molar-refractivity contribution in [3.63, 3.8) is 0 Å². The van der Waals surface area contributed by atoms with Gasteiger partial charge in [-0.1, -0.05) is 23.8 Å². The van der Waals surface area contributed by atoms with Gasteiger partial charge in [-0.05, 0) is 24.4 Å². The van der Waals surface area contributed by atoms with Crippen molar-refractivity contribution in [3.8, 4) is 10.6 Å². The van der Waals surface area contributed by atoms with Crippen LogP contribution in [0.2, 0.25) is 5.02 Å². The number of rotatable bonds is 4. The zero-order chi connectivity index (χ0) is 12.3. The highest BCUT2D eigenvalue weighted by atomic mass is 35.5. The Balaban J connectivity index is 2.38. The Bertz CT molecular complexity index is 565. The maximum absolute atomic E-state index is 6.09. The molecule has 0 spiro atoms. The summed E-state index contributed by atoms with van der Waals surface area (Å²) < 4.78 is 5.85. The topological polar surface area (TPSA) is 37.9 Å². The number of hydrogen-bond acceptors (Lipinski definition) is 4. The van der Waals surface area contributed by atoms with Crippen molar-refractivity contribution in [2.24, 2.45) is 0 Å². The molecule has 2 aromatic heterocycles. The fourth-order valence-corrected chi connectivity index (χ4v) is 2.74. The summed E-state index contributed by atoms with van der Waals surface area (Å²) in [5.74, 6) is 0.721. The van der Waals surface area contributed by atoms with Crippen LogP contribution >= 0.6 is 35.2 Å². The SMILES string of the molecule is CCOCc1nc(=S)cc(-c2sccc2Cl)[nH]1. The van der Waals surface area contributed by atoms with Crippen LogP contribution in [-0.4, -0.2) is 16.6 Å². The molecule has 0 saturated heterocycles. The third-order valence-corrected chi connectivity index (χ3v) is 3.68. The minimum absolute atomic E-state index is 0.428. The van der Waals surface area contributed by atoms with Crippen molar-refractivity contribution in [1.29, 1.82) is 0 Å². The van der Waals surface area contributed by atoms with E-state index in [1.54, 1.807) is 11.3 Å². The van der Waals surface area contributed by atoms with Gasteiger partial charge in [0.2, 0.25) is 0 Å². The molecule has 0 radical (unpaired) electrons. The van der Waals surface area contributed by atoms with Crippen LogP contribution in [-0.2, 0) is 11.3 Å². The predicted molar refractivity (Wildman–Crippen MR) is 73.1 cm³/mol. The largest absolute Gasteiger partial charge is 0.374 e. The van der Waals surface area contributed by atoms with E-state index in [9.17, 15) is 0 Å². The number of aromatic nitrogens is 2. The summed E-state index contributed by atoms with van der Waals surface area (Å²) >= 11 is 12.8. The minimum Gasteiger partial charge on any atom is -0.374 e. The first-order chi connectivity index (χ1) is 8.20. The van der Waals surface area contributed by atoms with Crippen LogP contribution in [0, 0.1) is 4.64 Å². The van der Waals surface area contributed by atoms with Gasteiger partial charge in [-0.2, -0.15) is 0 Å². The van der Waals surface area contributed by atoms with E-state index in [0.717, 1.165) is 16.4 Å². The highest BCUT2D eigenvalue weighted by molar-refractivity contribution is 7.71. The molecule has 0 aliphatic heterocycles. The Kier molecular flexibility index (Phi) is 4.28. The predicted octanol–water partition coefficient (Wildman–Crippen LogP) is 4.06. The standard InChI is InChI=1S/C11H11ClN2OS2/c1-2-15-6-9-13-8(5-10(16)14-9)11-7(12)3-4-17-11/h3-5H,2,6H2,1H3,(H,13,14,16). The van der Waals surface area contributed by atoms with Gasteiger partial charge in [-0.3, -0.25) is 0 Å². The molecule has 2 aromatic rings.